The Kier molecular flexibility index (Phi) is 6.47. The van der Waals surface area contributed by atoms with Gasteiger partial charge in [-0.1, -0.05) is 54.6 Å². The average Bonchev–Trinajstić information content (AvgIpc) is 3.65. The fraction of sp³-hybridized carbons (Fsp3) is 0.138. The van der Waals surface area contributed by atoms with E-state index < -0.39 is 16.1 Å². The average molecular weight is 546 g/mol. The van der Waals surface area contributed by atoms with Crippen LogP contribution in [-0.4, -0.2) is 26.0 Å². The minimum absolute atomic E-state index is 0.182. The second-order valence-electron chi connectivity index (χ2n) is 9.15. The third kappa shape index (κ3) is 4.70. The van der Waals surface area contributed by atoms with E-state index in [1.165, 1.54) is 40.4 Å². The molecule has 192 valence electrons. The highest BCUT2D eigenvalue weighted by atomic mass is 32.2. The van der Waals surface area contributed by atoms with Gasteiger partial charge >= 0.3 is 0 Å². The molecule has 1 atom stereocenters. The Morgan fingerprint density at radius 2 is 1.79 bits per heavy atom. The number of hydrogen-bond acceptors (Lipinski definition) is 6. The number of anilines is 2. The molecule has 0 fully saturated rings. The first-order chi connectivity index (χ1) is 18.5. The Labute approximate surface area is 224 Å². The van der Waals surface area contributed by atoms with Gasteiger partial charge in [0, 0.05) is 18.8 Å². The summed E-state index contributed by atoms with van der Waals surface area (Å²) in [6.45, 7) is 1.08. The van der Waals surface area contributed by atoms with Crippen LogP contribution in [0.3, 0.4) is 0 Å². The van der Waals surface area contributed by atoms with Crippen molar-refractivity contribution in [3.05, 3.63) is 120 Å². The van der Waals surface area contributed by atoms with Gasteiger partial charge in [0.1, 0.15) is 10.0 Å². The van der Waals surface area contributed by atoms with E-state index >= 15 is 0 Å². The Morgan fingerprint density at radius 1 is 1.00 bits per heavy atom. The van der Waals surface area contributed by atoms with Crippen LogP contribution in [0.2, 0.25) is 0 Å². The van der Waals surface area contributed by atoms with Crippen LogP contribution in [0.4, 0.5) is 16.0 Å². The molecule has 0 amide bonds. The normalized spacial score (nSPS) is 15.3. The van der Waals surface area contributed by atoms with Crippen LogP contribution in [0, 0.1) is 5.82 Å². The van der Waals surface area contributed by atoms with Gasteiger partial charge in [-0.15, -0.1) is 11.3 Å². The van der Waals surface area contributed by atoms with Gasteiger partial charge in [0.25, 0.3) is 10.0 Å². The third-order valence-electron chi connectivity index (χ3n) is 6.68. The first-order valence-electron chi connectivity index (χ1n) is 12.1. The first-order valence-corrected chi connectivity index (χ1v) is 14.5. The number of fused-ring (bicyclic) bond motifs is 1. The summed E-state index contributed by atoms with van der Waals surface area (Å²) >= 11 is 1.17. The zero-order chi connectivity index (χ0) is 26.1. The number of benzene rings is 3. The number of halogens is 1. The highest BCUT2D eigenvalue weighted by Gasteiger charge is 2.38. The van der Waals surface area contributed by atoms with Crippen molar-refractivity contribution >= 4 is 32.9 Å². The van der Waals surface area contributed by atoms with E-state index in [1.54, 1.807) is 29.6 Å². The highest BCUT2D eigenvalue weighted by molar-refractivity contribution is 7.94. The van der Waals surface area contributed by atoms with E-state index in [0.717, 1.165) is 27.9 Å². The van der Waals surface area contributed by atoms with Crippen LogP contribution in [0.5, 0.6) is 0 Å². The lowest BCUT2D eigenvalue weighted by Gasteiger charge is -2.40. The van der Waals surface area contributed by atoms with E-state index in [4.69, 9.17) is 4.42 Å². The molecule has 0 saturated heterocycles. The first kappa shape index (κ1) is 24.4. The smallest absolute Gasteiger partial charge is 0.276 e. The lowest BCUT2D eigenvalue weighted by atomic mass is 9.93. The largest absolute Gasteiger partial charge is 0.427 e. The van der Waals surface area contributed by atoms with Gasteiger partial charge in [-0.25, -0.2) is 22.1 Å². The SMILES string of the molecule is O=S(=O)(c1cccs1)N(c1cnco1)C1Cc2cc(-c3ccc(F)cc3)ccc2N(Cc2ccccc2)C1. The molecule has 1 aliphatic heterocycles. The third-order valence-corrected chi connectivity index (χ3v) is 9.90. The van der Waals surface area contributed by atoms with Gasteiger partial charge in [0.05, 0.1) is 12.2 Å². The van der Waals surface area contributed by atoms with Crippen molar-refractivity contribution in [2.45, 2.75) is 23.2 Å². The van der Waals surface area contributed by atoms with E-state index in [-0.39, 0.29) is 15.9 Å². The maximum atomic E-state index is 13.9. The van der Waals surface area contributed by atoms with Crippen LogP contribution in [0.1, 0.15) is 11.1 Å². The summed E-state index contributed by atoms with van der Waals surface area (Å²) in [6, 6.07) is 25.5. The Morgan fingerprint density at radius 3 is 2.50 bits per heavy atom. The Balaban J connectivity index is 1.44. The monoisotopic (exact) mass is 545 g/mol. The maximum Gasteiger partial charge on any atom is 0.276 e. The summed E-state index contributed by atoms with van der Waals surface area (Å²) in [7, 11) is -3.90. The number of oxazole rings is 1. The van der Waals surface area contributed by atoms with Gasteiger partial charge in [0.2, 0.25) is 5.88 Å². The topological polar surface area (TPSA) is 66.7 Å². The van der Waals surface area contributed by atoms with Gasteiger partial charge in [0.15, 0.2) is 6.39 Å². The molecule has 1 unspecified atom stereocenters. The number of thiophene rings is 1. The quantitative estimate of drug-likeness (QED) is 0.238. The predicted molar refractivity (Wildman–Crippen MR) is 147 cm³/mol. The molecular weight excluding hydrogens is 521 g/mol. The molecule has 38 heavy (non-hydrogen) atoms. The Hall–Kier alpha value is -3.95. The lowest BCUT2D eigenvalue weighted by molar-refractivity contribution is 0.506. The van der Waals surface area contributed by atoms with Crippen molar-refractivity contribution in [3.63, 3.8) is 0 Å². The summed E-state index contributed by atoms with van der Waals surface area (Å²) in [5.41, 5.74) is 5.00. The van der Waals surface area contributed by atoms with Gasteiger partial charge < -0.3 is 9.32 Å². The summed E-state index contributed by atoms with van der Waals surface area (Å²) in [6.07, 6.45) is 3.16. The van der Waals surface area contributed by atoms with Crippen molar-refractivity contribution in [2.75, 3.05) is 15.7 Å². The fourth-order valence-electron chi connectivity index (χ4n) is 4.98. The zero-order valence-corrected chi connectivity index (χ0v) is 21.9. The second-order valence-corrected chi connectivity index (χ2v) is 12.1. The van der Waals surface area contributed by atoms with Crippen LogP contribution in [-0.2, 0) is 23.0 Å². The van der Waals surface area contributed by atoms with Crippen molar-refractivity contribution in [1.82, 2.24) is 4.98 Å². The maximum absolute atomic E-state index is 13.9. The summed E-state index contributed by atoms with van der Waals surface area (Å²) in [4.78, 5) is 6.22. The van der Waals surface area contributed by atoms with Gasteiger partial charge in [-0.3, -0.25) is 0 Å². The van der Waals surface area contributed by atoms with Gasteiger partial charge in [-0.2, -0.15) is 0 Å². The highest BCUT2D eigenvalue weighted by Crippen LogP contribution is 2.37. The van der Waals surface area contributed by atoms with E-state index in [9.17, 15) is 12.8 Å². The molecule has 0 aliphatic carbocycles. The number of hydrogen-bond donors (Lipinski definition) is 0. The molecular formula is C29H24FN3O3S2. The molecule has 0 saturated carbocycles. The summed E-state index contributed by atoms with van der Waals surface area (Å²) in [5, 5.41) is 1.75. The van der Waals surface area contributed by atoms with Crippen molar-refractivity contribution < 1.29 is 17.2 Å². The summed E-state index contributed by atoms with van der Waals surface area (Å²) < 4.78 is 48.5. The molecule has 3 aromatic carbocycles. The Bertz CT molecular complexity index is 1620. The molecule has 0 radical (unpaired) electrons. The molecule has 3 heterocycles. The molecule has 1 aliphatic rings. The minimum atomic E-state index is -3.90. The number of aromatic nitrogens is 1. The predicted octanol–water partition coefficient (Wildman–Crippen LogP) is 6.37. The van der Waals surface area contributed by atoms with Crippen molar-refractivity contribution in [2.24, 2.45) is 0 Å². The van der Waals surface area contributed by atoms with Crippen molar-refractivity contribution in [1.29, 1.82) is 0 Å². The van der Waals surface area contributed by atoms with E-state index in [1.807, 2.05) is 24.3 Å². The molecule has 0 spiro atoms. The van der Waals surface area contributed by atoms with E-state index in [0.29, 0.717) is 19.5 Å². The molecule has 6 nitrogen and oxygen atoms in total. The number of rotatable bonds is 7. The van der Waals surface area contributed by atoms with Crippen LogP contribution < -0.4 is 9.21 Å². The number of nitrogens with zero attached hydrogens (tertiary/aromatic N) is 3. The molecule has 6 rings (SSSR count). The lowest BCUT2D eigenvalue weighted by Crippen LogP contribution is -2.50. The van der Waals surface area contributed by atoms with Crippen molar-refractivity contribution in [3.8, 4) is 11.1 Å². The van der Waals surface area contributed by atoms with Crippen LogP contribution in [0.15, 0.2) is 112 Å². The van der Waals surface area contributed by atoms with Crippen LogP contribution in [0.25, 0.3) is 11.1 Å². The fourth-order valence-corrected chi connectivity index (χ4v) is 7.63. The van der Waals surface area contributed by atoms with Gasteiger partial charge in [-0.05, 0) is 64.4 Å². The molecule has 5 aromatic rings. The standard InChI is InChI=1S/C29H24FN3O3S2/c30-25-11-8-22(9-12-25)23-10-13-27-24(15-23)16-26(19-32(27)18-21-5-2-1-3-6-21)33(28-17-31-20-36-28)38(34,35)29-7-4-14-37-29/h1-15,17,20,26H,16,18-19H2. The molecule has 0 bridgehead atoms. The zero-order valence-electron chi connectivity index (χ0n) is 20.3. The molecule has 0 N–H and O–H groups in total. The molecule has 9 heteroatoms. The number of sulfonamides is 1. The molecule has 2 aromatic heterocycles. The van der Waals surface area contributed by atoms with E-state index in [2.05, 4.69) is 34.1 Å². The minimum Gasteiger partial charge on any atom is -0.427 e. The second kappa shape index (κ2) is 10.1. The van der Waals surface area contributed by atoms with Crippen LogP contribution >= 0.6 is 11.3 Å². The summed E-state index contributed by atoms with van der Waals surface area (Å²) in [5.74, 6) is -0.108.